The van der Waals surface area contributed by atoms with E-state index in [4.69, 9.17) is 0 Å². The van der Waals surface area contributed by atoms with Gasteiger partial charge in [-0.3, -0.25) is 14.6 Å². The molecule has 4 nitrogen and oxygen atoms in total. The van der Waals surface area contributed by atoms with Gasteiger partial charge in [-0.05, 0) is 38.0 Å². The highest BCUT2D eigenvalue weighted by atomic mass is 19.1. The van der Waals surface area contributed by atoms with E-state index in [1.165, 1.54) is 37.8 Å². The van der Waals surface area contributed by atoms with Gasteiger partial charge in [-0.1, -0.05) is 18.9 Å². The van der Waals surface area contributed by atoms with E-state index in [9.17, 15) is 9.18 Å². The van der Waals surface area contributed by atoms with Gasteiger partial charge in [0.2, 0.25) is 5.91 Å². The molecule has 5 heteroatoms. The summed E-state index contributed by atoms with van der Waals surface area (Å²) in [5.74, 6) is -0.398. The smallest absolute Gasteiger partial charge is 0.241 e. The van der Waals surface area contributed by atoms with Crippen molar-refractivity contribution in [3.63, 3.8) is 0 Å². The Hall–Kier alpha value is -1.46. The molecule has 1 aliphatic carbocycles. The van der Waals surface area contributed by atoms with Gasteiger partial charge in [-0.2, -0.15) is 0 Å². The van der Waals surface area contributed by atoms with Crippen molar-refractivity contribution in [3.8, 4) is 0 Å². The maximum atomic E-state index is 13.2. The number of rotatable bonds is 4. The minimum atomic E-state index is -0.333. The second kappa shape index (κ2) is 7.41. The maximum Gasteiger partial charge on any atom is 0.241 e. The molecule has 1 heterocycles. The van der Waals surface area contributed by atoms with Gasteiger partial charge in [0.1, 0.15) is 5.82 Å². The third-order valence-corrected chi connectivity index (χ3v) is 5.21. The minimum Gasteiger partial charge on any atom is -0.325 e. The largest absolute Gasteiger partial charge is 0.325 e. The Labute approximate surface area is 137 Å². The lowest BCUT2D eigenvalue weighted by molar-refractivity contribution is -0.121. The SMILES string of the molecule is CC(C(=O)Nc1cccc(F)c1)N1CCN(C2CCCC2)CC1. The van der Waals surface area contributed by atoms with E-state index in [0.29, 0.717) is 5.69 Å². The lowest BCUT2D eigenvalue weighted by Gasteiger charge is -2.40. The lowest BCUT2D eigenvalue weighted by atomic mass is 10.1. The van der Waals surface area contributed by atoms with Crippen molar-refractivity contribution in [1.82, 2.24) is 9.80 Å². The standard InChI is InChI=1S/C18H26FN3O/c1-14(18(23)20-16-6-4-5-15(19)13-16)21-9-11-22(12-10-21)17-7-2-3-8-17/h4-6,13-14,17H,2-3,7-12H2,1H3,(H,20,23). The molecule has 1 N–H and O–H groups in total. The number of piperazine rings is 1. The molecule has 1 aromatic carbocycles. The molecular weight excluding hydrogens is 293 g/mol. The number of amides is 1. The number of halogens is 1. The number of nitrogens with one attached hydrogen (secondary N) is 1. The first-order valence-corrected chi connectivity index (χ1v) is 8.68. The predicted molar refractivity (Wildman–Crippen MR) is 89.9 cm³/mol. The zero-order valence-corrected chi connectivity index (χ0v) is 13.8. The second-order valence-electron chi connectivity index (χ2n) is 6.69. The summed E-state index contributed by atoms with van der Waals surface area (Å²) >= 11 is 0. The molecule has 1 saturated heterocycles. The van der Waals surface area contributed by atoms with Gasteiger partial charge in [0.05, 0.1) is 6.04 Å². The molecule has 1 aliphatic heterocycles. The summed E-state index contributed by atoms with van der Waals surface area (Å²) in [6, 6.07) is 6.61. The van der Waals surface area contributed by atoms with Crippen LogP contribution in [-0.4, -0.2) is 54.0 Å². The molecule has 0 aromatic heterocycles. The van der Waals surface area contributed by atoms with Gasteiger partial charge in [0.15, 0.2) is 0 Å². The minimum absolute atomic E-state index is 0.0649. The normalized spacial score (nSPS) is 22.2. The van der Waals surface area contributed by atoms with E-state index in [2.05, 4.69) is 15.1 Å². The fourth-order valence-corrected chi connectivity index (χ4v) is 3.74. The zero-order chi connectivity index (χ0) is 16.2. The Balaban J connectivity index is 1.50. The Morgan fingerprint density at radius 1 is 1.22 bits per heavy atom. The van der Waals surface area contributed by atoms with Crippen molar-refractivity contribution >= 4 is 11.6 Å². The number of hydrogen-bond acceptors (Lipinski definition) is 3. The molecule has 1 aromatic rings. The summed E-state index contributed by atoms with van der Waals surface area (Å²) in [6.07, 6.45) is 5.37. The fourth-order valence-electron chi connectivity index (χ4n) is 3.74. The van der Waals surface area contributed by atoms with Gasteiger partial charge in [0.25, 0.3) is 0 Å². The summed E-state index contributed by atoms with van der Waals surface area (Å²) in [5.41, 5.74) is 0.520. The Morgan fingerprint density at radius 3 is 2.57 bits per heavy atom. The molecule has 0 radical (unpaired) electrons. The van der Waals surface area contributed by atoms with Crippen LogP contribution < -0.4 is 5.32 Å². The van der Waals surface area contributed by atoms with Crippen molar-refractivity contribution in [2.24, 2.45) is 0 Å². The van der Waals surface area contributed by atoms with Crippen LogP contribution in [-0.2, 0) is 4.79 Å². The molecule has 1 unspecified atom stereocenters. The average Bonchev–Trinajstić information content (AvgIpc) is 3.09. The number of benzene rings is 1. The molecule has 1 saturated carbocycles. The van der Waals surface area contributed by atoms with E-state index < -0.39 is 0 Å². The highest BCUT2D eigenvalue weighted by molar-refractivity contribution is 5.94. The number of carbonyl (C=O) groups is 1. The van der Waals surface area contributed by atoms with E-state index in [-0.39, 0.29) is 17.8 Å². The van der Waals surface area contributed by atoms with Gasteiger partial charge in [-0.15, -0.1) is 0 Å². The molecule has 0 bridgehead atoms. The summed E-state index contributed by atoms with van der Waals surface area (Å²) in [7, 11) is 0. The average molecular weight is 319 g/mol. The van der Waals surface area contributed by atoms with Crippen LogP contribution in [0, 0.1) is 5.82 Å². The van der Waals surface area contributed by atoms with Crippen LogP contribution in [0.3, 0.4) is 0 Å². The third-order valence-electron chi connectivity index (χ3n) is 5.21. The molecule has 0 spiro atoms. The van der Waals surface area contributed by atoms with E-state index in [1.807, 2.05) is 6.92 Å². The quantitative estimate of drug-likeness (QED) is 0.927. The lowest BCUT2D eigenvalue weighted by Crippen LogP contribution is -2.54. The van der Waals surface area contributed by atoms with Crippen LogP contribution in [0.15, 0.2) is 24.3 Å². The number of carbonyl (C=O) groups excluding carboxylic acids is 1. The topological polar surface area (TPSA) is 35.6 Å². The molecule has 23 heavy (non-hydrogen) atoms. The van der Waals surface area contributed by atoms with Gasteiger partial charge < -0.3 is 5.32 Å². The molecule has 2 fully saturated rings. The zero-order valence-electron chi connectivity index (χ0n) is 13.8. The van der Waals surface area contributed by atoms with Crippen LogP contribution in [0.5, 0.6) is 0 Å². The van der Waals surface area contributed by atoms with Crippen LogP contribution >= 0.6 is 0 Å². The first-order chi connectivity index (χ1) is 11.1. The number of anilines is 1. The monoisotopic (exact) mass is 319 g/mol. The molecule has 126 valence electrons. The highest BCUT2D eigenvalue weighted by Gasteiger charge is 2.29. The predicted octanol–water partition coefficient (Wildman–Crippen LogP) is 2.71. The van der Waals surface area contributed by atoms with Crippen LogP contribution in [0.25, 0.3) is 0 Å². The van der Waals surface area contributed by atoms with Gasteiger partial charge >= 0.3 is 0 Å². The summed E-state index contributed by atoms with van der Waals surface area (Å²) in [5, 5.41) is 2.81. The van der Waals surface area contributed by atoms with Crippen molar-refractivity contribution in [2.45, 2.75) is 44.7 Å². The molecule has 3 rings (SSSR count). The van der Waals surface area contributed by atoms with Crippen LogP contribution in [0.1, 0.15) is 32.6 Å². The summed E-state index contributed by atoms with van der Waals surface area (Å²) < 4.78 is 13.2. The first-order valence-electron chi connectivity index (χ1n) is 8.68. The molecule has 1 atom stereocenters. The van der Waals surface area contributed by atoms with Crippen LogP contribution in [0.2, 0.25) is 0 Å². The molecular formula is C18H26FN3O. The van der Waals surface area contributed by atoms with E-state index in [1.54, 1.807) is 12.1 Å². The Morgan fingerprint density at radius 2 is 1.91 bits per heavy atom. The highest BCUT2D eigenvalue weighted by Crippen LogP contribution is 2.24. The molecule has 2 aliphatic rings. The number of nitrogens with zero attached hydrogens (tertiary/aromatic N) is 2. The Bertz CT molecular complexity index is 537. The summed E-state index contributed by atoms with van der Waals surface area (Å²) in [6.45, 7) is 5.87. The first kappa shape index (κ1) is 16.4. The fraction of sp³-hybridized carbons (Fsp3) is 0.611. The maximum absolute atomic E-state index is 13.2. The second-order valence-corrected chi connectivity index (χ2v) is 6.69. The molecule has 1 amide bonds. The summed E-state index contributed by atoms with van der Waals surface area (Å²) in [4.78, 5) is 17.2. The van der Waals surface area contributed by atoms with Gasteiger partial charge in [0, 0.05) is 37.9 Å². The Kier molecular flexibility index (Phi) is 5.28. The number of hydrogen-bond donors (Lipinski definition) is 1. The van der Waals surface area contributed by atoms with Crippen molar-refractivity contribution in [1.29, 1.82) is 0 Å². The van der Waals surface area contributed by atoms with Crippen molar-refractivity contribution in [3.05, 3.63) is 30.1 Å². The van der Waals surface area contributed by atoms with Crippen molar-refractivity contribution < 1.29 is 9.18 Å². The van der Waals surface area contributed by atoms with E-state index >= 15 is 0 Å². The van der Waals surface area contributed by atoms with Crippen molar-refractivity contribution in [2.75, 3.05) is 31.5 Å². The van der Waals surface area contributed by atoms with Crippen LogP contribution in [0.4, 0.5) is 10.1 Å². The van der Waals surface area contributed by atoms with Gasteiger partial charge in [-0.25, -0.2) is 4.39 Å². The third kappa shape index (κ3) is 4.09. The van der Waals surface area contributed by atoms with E-state index in [0.717, 1.165) is 32.2 Å².